The van der Waals surface area contributed by atoms with E-state index in [4.69, 9.17) is 4.42 Å². The Morgan fingerprint density at radius 3 is 3.00 bits per heavy atom. The van der Waals surface area contributed by atoms with E-state index in [9.17, 15) is 5.11 Å². The molecule has 68 valence electrons. The van der Waals surface area contributed by atoms with E-state index in [2.05, 4.69) is 20.9 Å². The van der Waals surface area contributed by atoms with Crippen molar-refractivity contribution in [3.8, 4) is 0 Å². The molecule has 13 heavy (non-hydrogen) atoms. The summed E-state index contributed by atoms with van der Waals surface area (Å²) in [5, 5.41) is 9.23. The average molecular weight is 242 g/mol. The number of nitrogens with zero attached hydrogens (tertiary/aromatic N) is 1. The summed E-state index contributed by atoms with van der Waals surface area (Å²) in [7, 11) is 0. The van der Waals surface area contributed by atoms with Crippen LogP contribution in [0.5, 0.6) is 0 Å². The van der Waals surface area contributed by atoms with Gasteiger partial charge in [-0.05, 0) is 25.1 Å². The summed E-state index contributed by atoms with van der Waals surface area (Å²) >= 11 is 3.33. The highest BCUT2D eigenvalue weighted by molar-refractivity contribution is 9.10. The zero-order valence-corrected chi connectivity index (χ0v) is 8.58. The van der Waals surface area contributed by atoms with Crippen LogP contribution in [0.3, 0.4) is 0 Å². The van der Waals surface area contributed by atoms with Gasteiger partial charge >= 0.3 is 0 Å². The molecule has 0 aliphatic heterocycles. The third-order valence-electron chi connectivity index (χ3n) is 1.72. The highest BCUT2D eigenvalue weighted by atomic mass is 79.9. The monoisotopic (exact) mass is 241 g/mol. The van der Waals surface area contributed by atoms with E-state index in [1.54, 1.807) is 6.92 Å². The molecular formula is C9H8BrNO2. The fraction of sp³-hybridized carbons (Fsp3) is 0.222. The van der Waals surface area contributed by atoms with Crippen molar-refractivity contribution in [1.29, 1.82) is 0 Å². The molecule has 0 saturated carbocycles. The Kier molecular flexibility index (Phi) is 2.09. The molecule has 2 aromatic rings. The first kappa shape index (κ1) is 8.72. The number of fused-ring (bicyclic) bond motifs is 1. The molecule has 1 atom stereocenters. The summed E-state index contributed by atoms with van der Waals surface area (Å²) in [4.78, 5) is 4.13. The SMILES string of the molecule is CC(O)c1nc2cc(Br)ccc2o1. The van der Waals surface area contributed by atoms with Crippen LogP contribution in [0.15, 0.2) is 27.1 Å². The highest BCUT2D eigenvalue weighted by Gasteiger charge is 2.09. The highest BCUT2D eigenvalue weighted by Crippen LogP contribution is 2.22. The van der Waals surface area contributed by atoms with Gasteiger partial charge in [-0.15, -0.1) is 0 Å². The molecule has 1 heterocycles. The second kappa shape index (κ2) is 3.12. The van der Waals surface area contributed by atoms with Crippen molar-refractivity contribution in [3.05, 3.63) is 28.6 Å². The van der Waals surface area contributed by atoms with Gasteiger partial charge in [-0.3, -0.25) is 0 Å². The summed E-state index contributed by atoms with van der Waals surface area (Å²) in [6, 6.07) is 5.54. The van der Waals surface area contributed by atoms with E-state index in [1.807, 2.05) is 18.2 Å². The molecule has 0 fully saturated rings. The largest absolute Gasteiger partial charge is 0.438 e. The third kappa shape index (κ3) is 1.59. The maximum Gasteiger partial charge on any atom is 0.224 e. The maximum atomic E-state index is 9.23. The molecule has 0 aliphatic carbocycles. The van der Waals surface area contributed by atoms with E-state index < -0.39 is 6.10 Å². The topological polar surface area (TPSA) is 46.3 Å². The average Bonchev–Trinajstić information content (AvgIpc) is 2.46. The first-order valence-corrected chi connectivity index (χ1v) is 4.70. The summed E-state index contributed by atoms with van der Waals surface area (Å²) in [6.45, 7) is 1.62. The Bertz CT molecular complexity index is 436. The second-order valence-electron chi connectivity index (χ2n) is 2.84. The van der Waals surface area contributed by atoms with Gasteiger partial charge in [0.1, 0.15) is 11.6 Å². The van der Waals surface area contributed by atoms with Gasteiger partial charge in [-0.25, -0.2) is 4.98 Å². The molecule has 0 spiro atoms. The molecule has 1 aromatic carbocycles. The Labute approximate surface area is 83.5 Å². The molecule has 2 rings (SSSR count). The number of hydrogen-bond donors (Lipinski definition) is 1. The van der Waals surface area contributed by atoms with Crippen LogP contribution >= 0.6 is 15.9 Å². The van der Waals surface area contributed by atoms with Crippen LogP contribution in [-0.4, -0.2) is 10.1 Å². The number of halogens is 1. The smallest absolute Gasteiger partial charge is 0.224 e. The summed E-state index contributed by atoms with van der Waals surface area (Å²) in [6.07, 6.45) is -0.661. The van der Waals surface area contributed by atoms with Crippen molar-refractivity contribution in [1.82, 2.24) is 4.98 Å². The number of rotatable bonds is 1. The lowest BCUT2D eigenvalue weighted by Crippen LogP contribution is -1.88. The number of aliphatic hydroxyl groups excluding tert-OH is 1. The van der Waals surface area contributed by atoms with Gasteiger partial charge < -0.3 is 9.52 Å². The van der Waals surface area contributed by atoms with Crippen molar-refractivity contribution in [2.75, 3.05) is 0 Å². The standard InChI is InChI=1S/C9H8BrNO2/c1-5(12)9-11-7-4-6(10)2-3-8(7)13-9/h2-5,12H,1H3. The van der Waals surface area contributed by atoms with Crippen LogP contribution in [0.2, 0.25) is 0 Å². The van der Waals surface area contributed by atoms with Gasteiger partial charge in [-0.2, -0.15) is 0 Å². The molecule has 0 aliphatic rings. The van der Waals surface area contributed by atoms with Gasteiger partial charge in [0, 0.05) is 4.47 Å². The lowest BCUT2D eigenvalue weighted by atomic mass is 10.3. The van der Waals surface area contributed by atoms with Crippen molar-refractivity contribution >= 4 is 27.0 Å². The molecular weight excluding hydrogens is 234 g/mol. The lowest BCUT2D eigenvalue weighted by Gasteiger charge is -1.93. The number of aliphatic hydroxyl groups is 1. The van der Waals surface area contributed by atoms with E-state index in [-0.39, 0.29) is 0 Å². The van der Waals surface area contributed by atoms with E-state index in [1.165, 1.54) is 0 Å². The van der Waals surface area contributed by atoms with Crippen molar-refractivity contribution in [2.24, 2.45) is 0 Å². The predicted octanol–water partition coefficient (Wildman–Crippen LogP) is 2.64. The van der Waals surface area contributed by atoms with Gasteiger partial charge in [-0.1, -0.05) is 15.9 Å². The van der Waals surface area contributed by atoms with Gasteiger partial charge in [0.2, 0.25) is 5.89 Å². The second-order valence-corrected chi connectivity index (χ2v) is 3.76. The molecule has 0 saturated heterocycles. The van der Waals surface area contributed by atoms with E-state index >= 15 is 0 Å². The molecule has 0 bridgehead atoms. The Morgan fingerprint density at radius 1 is 1.54 bits per heavy atom. The summed E-state index contributed by atoms with van der Waals surface area (Å²) < 4.78 is 6.25. The minimum atomic E-state index is -0.661. The Morgan fingerprint density at radius 2 is 2.31 bits per heavy atom. The van der Waals surface area contributed by atoms with E-state index in [0.717, 1.165) is 9.99 Å². The summed E-state index contributed by atoms with van der Waals surface area (Å²) in [5.41, 5.74) is 1.45. The minimum Gasteiger partial charge on any atom is -0.438 e. The van der Waals surface area contributed by atoms with Crippen molar-refractivity contribution < 1.29 is 9.52 Å². The molecule has 1 unspecified atom stereocenters. The van der Waals surface area contributed by atoms with Crippen LogP contribution < -0.4 is 0 Å². The van der Waals surface area contributed by atoms with Gasteiger partial charge in [0.25, 0.3) is 0 Å². The first-order valence-electron chi connectivity index (χ1n) is 3.91. The molecule has 1 aromatic heterocycles. The van der Waals surface area contributed by atoms with Gasteiger partial charge in [0.15, 0.2) is 5.58 Å². The van der Waals surface area contributed by atoms with Crippen LogP contribution in [0.4, 0.5) is 0 Å². The fourth-order valence-electron chi connectivity index (χ4n) is 1.10. The number of benzene rings is 1. The lowest BCUT2D eigenvalue weighted by molar-refractivity contribution is 0.165. The third-order valence-corrected chi connectivity index (χ3v) is 2.22. The maximum absolute atomic E-state index is 9.23. The first-order chi connectivity index (χ1) is 6.16. The van der Waals surface area contributed by atoms with Crippen LogP contribution in [-0.2, 0) is 0 Å². The molecule has 0 radical (unpaired) electrons. The zero-order valence-electron chi connectivity index (χ0n) is 6.99. The number of aromatic nitrogens is 1. The summed E-state index contributed by atoms with van der Waals surface area (Å²) in [5.74, 6) is 0.355. The Hall–Kier alpha value is -0.870. The normalized spacial score (nSPS) is 13.5. The zero-order chi connectivity index (χ0) is 9.42. The number of oxazole rings is 1. The van der Waals surface area contributed by atoms with Gasteiger partial charge in [0.05, 0.1) is 0 Å². The Balaban J connectivity index is 2.62. The van der Waals surface area contributed by atoms with Crippen molar-refractivity contribution in [2.45, 2.75) is 13.0 Å². The molecule has 4 heteroatoms. The quantitative estimate of drug-likeness (QED) is 0.836. The molecule has 1 N–H and O–H groups in total. The number of hydrogen-bond acceptors (Lipinski definition) is 3. The van der Waals surface area contributed by atoms with Crippen LogP contribution in [0.25, 0.3) is 11.1 Å². The minimum absolute atomic E-state index is 0.355. The predicted molar refractivity (Wildman–Crippen MR) is 52.3 cm³/mol. The molecule has 3 nitrogen and oxygen atoms in total. The van der Waals surface area contributed by atoms with Crippen LogP contribution in [0.1, 0.15) is 18.9 Å². The molecule has 0 amide bonds. The fourth-order valence-corrected chi connectivity index (χ4v) is 1.45. The van der Waals surface area contributed by atoms with Crippen molar-refractivity contribution in [3.63, 3.8) is 0 Å². The van der Waals surface area contributed by atoms with E-state index in [0.29, 0.717) is 11.5 Å². The van der Waals surface area contributed by atoms with Crippen LogP contribution in [0, 0.1) is 0 Å².